The Balaban J connectivity index is 2.20. The topological polar surface area (TPSA) is 0 Å². The standard InChI is InChI=1S/C16H18S2/c1-11-3-7-13(8-4-11)15(17)16(18)14-9-5-12(2)6-10-14/h3-10,15-18H,1-2H3. The summed E-state index contributed by atoms with van der Waals surface area (Å²) in [5, 5.41) is 0.216. The minimum atomic E-state index is 0.108. The zero-order valence-corrected chi connectivity index (χ0v) is 12.5. The number of benzene rings is 2. The highest BCUT2D eigenvalue weighted by Crippen LogP contribution is 2.38. The van der Waals surface area contributed by atoms with E-state index in [0.29, 0.717) is 0 Å². The van der Waals surface area contributed by atoms with Crippen LogP contribution in [0.15, 0.2) is 48.5 Å². The fraction of sp³-hybridized carbons (Fsp3) is 0.250. The summed E-state index contributed by atoms with van der Waals surface area (Å²) in [6.07, 6.45) is 0. The first kappa shape index (κ1) is 13.6. The maximum Gasteiger partial charge on any atom is 0.0424 e. The molecule has 0 aliphatic rings. The first-order valence-electron chi connectivity index (χ1n) is 6.07. The molecule has 0 heterocycles. The van der Waals surface area contributed by atoms with Crippen molar-refractivity contribution in [1.82, 2.24) is 0 Å². The van der Waals surface area contributed by atoms with E-state index in [1.807, 2.05) is 0 Å². The molecule has 0 saturated carbocycles. The number of thiol groups is 2. The predicted octanol–water partition coefficient (Wildman–Crippen LogP) is 4.95. The van der Waals surface area contributed by atoms with Gasteiger partial charge in [-0.15, -0.1) is 0 Å². The molecule has 0 aromatic heterocycles. The summed E-state index contributed by atoms with van der Waals surface area (Å²) in [5.74, 6) is 0. The van der Waals surface area contributed by atoms with E-state index in [1.165, 1.54) is 22.3 Å². The van der Waals surface area contributed by atoms with Crippen LogP contribution < -0.4 is 0 Å². The van der Waals surface area contributed by atoms with Gasteiger partial charge in [0.25, 0.3) is 0 Å². The molecule has 18 heavy (non-hydrogen) atoms. The first-order chi connectivity index (χ1) is 8.58. The van der Waals surface area contributed by atoms with Crippen molar-refractivity contribution in [2.24, 2.45) is 0 Å². The Morgan fingerprint density at radius 1 is 0.611 bits per heavy atom. The number of rotatable bonds is 3. The van der Waals surface area contributed by atoms with Gasteiger partial charge in [0.15, 0.2) is 0 Å². The van der Waals surface area contributed by atoms with Gasteiger partial charge in [0.2, 0.25) is 0 Å². The van der Waals surface area contributed by atoms with Crippen LogP contribution in [0, 0.1) is 13.8 Å². The SMILES string of the molecule is Cc1ccc(C(S)C(S)c2ccc(C)cc2)cc1. The first-order valence-corrected chi connectivity index (χ1v) is 7.10. The van der Waals surface area contributed by atoms with Crippen LogP contribution in [0.25, 0.3) is 0 Å². The van der Waals surface area contributed by atoms with Crippen molar-refractivity contribution in [3.8, 4) is 0 Å². The Morgan fingerprint density at radius 3 is 1.17 bits per heavy atom. The molecule has 94 valence electrons. The van der Waals surface area contributed by atoms with E-state index in [-0.39, 0.29) is 10.5 Å². The molecule has 0 aliphatic heterocycles. The van der Waals surface area contributed by atoms with E-state index in [1.54, 1.807) is 0 Å². The molecule has 2 aromatic carbocycles. The third kappa shape index (κ3) is 3.12. The fourth-order valence-electron chi connectivity index (χ4n) is 1.89. The maximum atomic E-state index is 4.71. The monoisotopic (exact) mass is 274 g/mol. The van der Waals surface area contributed by atoms with Crippen molar-refractivity contribution in [3.05, 3.63) is 70.8 Å². The molecule has 0 radical (unpaired) electrons. The molecule has 2 aromatic rings. The summed E-state index contributed by atoms with van der Waals surface area (Å²) >= 11 is 9.42. The lowest BCUT2D eigenvalue weighted by Gasteiger charge is -2.19. The van der Waals surface area contributed by atoms with Crippen molar-refractivity contribution in [2.45, 2.75) is 24.3 Å². The summed E-state index contributed by atoms with van der Waals surface area (Å²) in [4.78, 5) is 0. The second kappa shape index (κ2) is 5.85. The van der Waals surface area contributed by atoms with Crippen molar-refractivity contribution in [3.63, 3.8) is 0 Å². The largest absolute Gasteiger partial charge is 0.170 e. The fourth-order valence-corrected chi connectivity index (χ4v) is 2.58. The lowest BCUT2D eigenvalue weighted by molar-refractivity contribution is 0.918. The molecule has 0 N–H and O–H groups in total. The van der Waals surface area contributed by atoms with Gasteiger partial charge < -0.3 is 0 Å². The van der Waals surface area contributed by atoms with Gasteiger partial charge in [-0.25, -0.2) is 0 Å². The number of hydrogen-bond acceptors (Lipinski definition) is 2. The second-order valence-electron chi connectivity index (χ2n) is 4.71. The van der Waals surface area contributed by atoms with Gasteiger partial charge in [-0.1, -0.05) is 59.7 Å². The van der Waals surface area contributed by atoms with Crippen molar-refractivity contribution in [1.29, 1.82) is 0 Å². The average Bonchev–Trinajstić information content (AvgIpc) is 2.39. The van der Waals surface area contributed by atoms with Gasteiger partial charge in [0, 0.05) is 10.5 Å². The highest BCUT2D eigenvalue weighted by Gasteiger charge is 2.17. The minimum Gasteiger partial charge on any atom is -0.170 e. The molecule has 0 fully saturated rings. The summed E-state index contributed by atoms with van der Waals surface area (Å²) in [6, 6.07) is 17.0. The summed E-state index contributed by atoms with van der Waals surface area (Å²) in [5.41, 5.74) is 4.96. The van der Waals surface area contributed by atoms with Crippen molar-refractivity contribution in [2.75, 3.05) is 0 Å². The zero-order valence-electron chi connectivity index (χ0n) is 10.7. The van der Waals surface area contributed by atoms with Crippen molar-refractivity contribution >= 4 is 25.3 Å². The Labute approximate surface area is 120 Å². The molecule has 0 bridgehead atoms. The highest BCUT2D eigenvalue weighted by molar-refractivity contribution is 7.84. The summed E-state index contributed by atoms with van der Waals surface area (Å²) in [7, 11) is 0. The van der Waals surface area contributed by atoms with E-state index >= 15 is 0 Å². The van der Waals surface area contributed by atoms with Gasteiger partial charge >= 0.3 is 0 Å². The van der Waals surface area contributed by atoms with Crippen LogP contribution in [0.3, 0.4) is 0 Å². The van der Waals surface area contributed by atoms with Crippen LogP contribution in [-0.4, -0.2) is 0 Å². The molecule has 0 spiro atoms. The molecular formula is C16H18S2. The van der Waals surface area contributed by atoms with Gasteiger partial charge in [0.05, 0.1) is 0 Å². The van der Waals surface area contributed by atoms with E-state index in [2.05, 4.69) is 62.4 Å². The molecule has 2 heteroatoms. The smallest absolute Gasteiger partial charge is 0.0424 e. The second-order valence-corrected chi connectivity index (χ2v) is 5.82. The van der Waals surface area contributed by atoms with Crippen LogP contribution in [0.4, 0.5) is 0 Å². The molecule has 0 nitrogen and oxygen atoms in total. The Kier molecular flexibility index (Phi) is 4.41. The molecule has 2 rings (SSSR count). The predicted molar refractivity (Wildman–Crippen MR) is 85.8 cm³/mol. The van der Waals surface area contributed by atoms with Crippen LogP contribution in [0.5, 0.6) is 0 Å². The Hall–Kier alpha value is -0.860. The molecular weight excluding hydrogens is 256 g/mol. The molecule has 0 saturated heterocycles. The minimum absolute atomic E-state index is 0.108. The Morgan fingerprint density at radius 2 is 0.889 bits per heavy atom. The van der Waals surface area contributed by atoms with E-state index in [4.69, 9.17) is 25.3 Å². The maximum absolute atomic E-state index is 4.71. The van der Waals surface area contributed by atoms with Crippen LogP contribution in [0.1, 0.15) is 32.8 Å². The Bertz CT molecular complexity index is 450. The van der Waals surface area contributed by atoms with Crippen LogP contribution in [-0.2, 0) is 0 Å². The van der Waals surface area contributed by atoms with Gasteiger partial charge in [0.1, 0.15) is 0 Å². The normalized spacial score (nSPS) is 14.2. The van der Waals surface area contributed by atoms with E-state index < -0.39 is 0 Å². The lowest BCUT2D eigenvalue weighted by atomic mass is 10.0. The number of hydrogen-bond donors (Lipinski definition) is 2. The van der Waals surface area contributed by atoms with E-state index in [9.17, 15) is 0 Å². The van der Waals surface area contributed by atoms with Crippen molar-refractivity contribution < 1.29 is 0 Å². The zero-order chi connectivity index (χ0) is 13.1. The van der Waals surface area contributed by atoms with E-state index in [0.717, 1.165) is 0 Å². The summed E-state index contributed by atoms with van der Waals surface area (Å²) in [6.45, 7) is 4.19. The molecule has 0 amide bonds. The molecule has 0 aliphatic carbocycles. The number of aryl methyl sites for hydroxylation is 2. The third-order valence-corrected chi connectivity index (χ3v) is 4.56. The lowest BCUT2D eigenvalue weighted by Crippen LogP contribution is -2.00. The summed E-state index contributed by atoms with van der Waals surface area (Å²) < 4.78 is 0. The van der Waals surface area contributed by atoms with Gasteiger partial charge in [-0.05, 0) is 25.0 Å². The van der Waals surface area contributed by atoms with Crippen LogP contribution >= 0.6 is 25.3 Å². The van der Waals surface area contributed by atoms with Gasteiger partial charge in [-0.2, -0.15) is 25.3 Å². The molecule has 2 unspecified atom stereocenters. The van der Waals surface area contributed by atoms with Crippen LogP contribution in [0.2, 0.25) is 0 Å². The third-order valence-electron chi connectivity index (χ3n) is 3.14. The molecule has 2 atom stereocenters. The highest BCUT2D eigenvalue weighted by atomic mass is 32.1. The van der Waals surface area contributed by atoms with Gasteiger partial charge in [-0.3, -0.25) is 0 Å². The quantitative estimate of drug-likeness (QED) is 0.727. The average molecular weight is 274 g/mol.